The molecule has 0 aliphatic rings. The van der Waals surface area contributed by atoms with Crippen molar-refractivity contribution < 1.29 is 13.6 Å². The summed E-state index contributed by atoms with van der Waals surface area (Å²) in [7, 11) is 0. The van der Waals surface area contributed by atoms with Crippen LogP contribution in [0.1, 0.15) is 39.0 Å². The summed E-state index contributed by atoms with van der Waals surface area (Å²) in [5, 5.41) is 2.41. The van der Waals surface area contributed by atoms with Gasteiger partial charge in [-0.2, -0.15) is 0 Å². The Hall–Kier alpha value is -1.49. The van der Waals surface area contributed by atoms with E-state index < -0.39 is 11.6 Å². The van der Waals surface area contributed by atoms with E-state index in [4.69, 9.17) is 5.73 Å². The van der Waals surface area contributed by atoms with Gasteiger partial charge in [-0.25, -0.2) is 8.78 Å². The van der Waals surface area contributed by atoms with Gasteiger partial charge in [0.05, 0.1) is 5.69 Å². The third-order valence-electron chi connectivity index (χ3n) is 3.25. The average Bonchev–Trinajstić information content (AvgIpc) is 2.41. The summed E-state index contributed by atoms with van der Waals surface area (Å²) in [6, 6.07) is 3.00. The van der Waals surface area contributed by atoms with Gasteiger partial charge in [0.15, 0.2) is 0 Å². The molecule has 20 heavy (non-hydrogen) atoms. The topological polar surface area (TPSA) is 55.1 Å². The van der Waals surface area contributed by atoms with Gasteiger partial charge in [-0.1, -0.05) is 19.8 Å². The van der Waals surface area contributed by atoms with Crippen LogP contribution in [-0.4, -0.2) is 12.5 Å². The van der Waals surface area contributed by atoms with E-state index in [-0.39, 0.29) is 11.6 Å². The van der Waals surface area contributed by atoms with Crippen LogP contribution in [0.25, 0.3) is 0 Å². The highest BCUT2D eigenvalue weighted by molar-refractivity contribution is 5.90. The van der Waals surface area contributed by atoms with Crippen molar-refractivity contribution in [2.75, 3.05) is 11.9 Å². The number of anilines is 1. The number of carbonyl (C=O) groups is 1. The molecule has 0 aromatic heterocycles. The predicted molar refractivity (Wildman–Crippen MR) is 76.3 cm³/mol. The molecule has 3 N–H and O–H groups in total. The Morgan fingerprint density at radius 1 is 1.30 bits per heavy atom. The van der Waals surface area contributed by atoms with E-state index >= 15 is 0 Å². The summed E-state index contributed by atoms with van der Waals surface area (Å²) in [5.41, 5.74) is 5.42. The first-order chi connectivity index (χ1) is 9.56. The average molecular weight is 284 g/mol. The van der Waals surface area contributed by atoms with Crippen LogP contribution in [0.5, 0.6) is 0 Å². The van der Waals surface area contributed by atoms with Crippen LogP contribution >= 0.6 is 0 Å². The second-order valence-corrected chi connectivity index (χ2v) is 4.94. The smallest absolute Gasteiger partial charge is 0.224 e. The van der Waals surface area contributed by atoms with Gasteiger partial charge in [-0.15, -0.1) is 0 Å². The molecule has 1 atom stereocenters. The van der Waals surface area contributed by atoms with Gasteiger partial charge in [0.25, 0.3) is 0 Å². The molecule has 0 aliphatic carbocycles. The van der Waals surface area contributed by atoms with Crippen molar-refractivity contribution in [2.45, 2.75) is 39.0 Å². The molecule has 1 rings (SSSR count). The summed E-state index contributed by atoms with van der Waals surface area (Å²) in [5.74, 6) is -1.10. The second kappa shape index (κ2) is 8.64. The molecule has 1 aromatic rings. The number of rotatable bonds is 8. The normalized spacial score (nSPS) is 12.2. The van der Waals surface area contributed by atoms with E-state index in [1.165, 1.54) is 0 Å². The van der Waals surface area contributed by atoms with Gasteiger partial charge >= 0.3 is 0 Å². The molecule has 0 fully saturated rings. The van der Waals surface area contributed by atoms with Crippen molar-refractivity contribution in [3.8, 4) is 0 Å². The van der Waals surface area contributed by atoms with Gasteiger partial charge in [-0.05, 0) is 37.4 Å². The van der Waals surface area contributed by atoms with Crippen LogP contribution in [-0.2, 0) is 4.79 Å². The van der Waals surface area contributed by atoms with Crippen LogP contribution in [0, 0.1) is 17.6 Å². The molecule has 0 radical (unpaired) electrons. The first-order valence-corrected chi connectivity index (χ1v) is 7.01. The van der Waals surface area contributed by atoms with Crippen LogP contribution in [0.3, 0.4) is 0 Å². The van der Waals surface area contributed by atoms with Gasteiger partial charge in [0.2, 0.25) is 5.91 Å². The molecule has 0 bridgehead atoms. The molecule has 112 valence electrons. The van der Waals surface area contributed by atoms with Crippen molar-refractivity contribution in [3.63, 3.8) is 0 Å². The molecular formula is C15H22F2N2O. The van der Waals surface area contributed by atoms with E-state index in [0.717, 1.165) is 37.5 Å². The van der Waals surface area contributed by atoms with Crippen LogP contribution in [0.15, 0.2) is 18.2 Å². The zero-order valence-electron chi connectivity index (χ0n) is 11.8. The van der Waals surface area contributed by atoms with Gasteiger partial charge < -0.3 is 11.1 Å². The number of nitrogens with one attached hydrogen (secondary N) is 1. The molecular weight excluding hydrogens is 262 g/mol. The highest BCUT2D eigenvalue weighted by Crippen LogP contribution is 2.19. The molecule has 0 spiro atoms. The number of benzene rings is 1. The van der Waals surface area contributed by atoms with Crippen molar-refractivity contribution in [1.82, 2.24) is 0 Å². The van der Waals surface area contributed by atoms with Crippen molar-refractivity contribution in [3.05, 3.63) is 29.8 Å². The Morgan fingerprint density at radius 2 is 2.05 bits per heavy atom. The first kappa shape index (κ1) is 16.6. The highest BCUT2D eigenvalue weighted by Gasteiger charge is 2.12. The second-order valence-electron chi connectivity index (χ2n) is 4.94. The fourth-order valence-corrected chi connectivity index (χ4v) is 2.22. The summed E-state index contributed by atoms with van der Waals surface area (Å²) >= 11 is 0. The first-order valence-electron chi connectivity index (χ1n) is 7.01. The highest BCUT2D eigenvalue weighted by atomic mass is 19.1. The van der Waals surface area contributed by atoms with Gasteiger partial charge in [-0.3, -0.25) is 4.79 Å². The van der Waals surface area contributed by atoms with Crippen LogP contribution < -0.4 is 11.1 Å². The maximum absolute atomic E-state index is 13.4. The Kier molecular flexibility index (Phi) is 7.15. The van der Waals surface area contributed by atoms with Crippen molar-refractivity contribution in [1.29, 1.82) is 0 Å². The number of amides is 1. The van der Waals surface area contributed by atoms with Gasteiger partial charge in [0.1, 0.15) is 11.6 Å². The molecule has 1 aromatic carbocycles. The molecule has 1 amide bonds. The lowest BCUT2D eigenvalue weighted by Gasteiger charge is -2.14. The minimum atomic E-state index is -0.633. The third kappa shape index (κ3) is 5.65. The van der Waals surface area contributed by atoms with E-state index in [0.29, 0.717) is 25.3 Å². The molecule has 1 unspecified atom stereocenters. The zero-order valence-corrected chi connectivity index (χ0v) is 11.8. The Balaban J connectivity index is 2.48. The maximum Gasteiger partial charge on any atom is 0.224 e. The largest absolute Gasteiger partial charge is 0.330 e. The SMILES string of the molecule is CCCC(CCN)CCC(=O)Nc1cc(F)ccc1F. The monoisotopic (exact) mass is 284 g/mol. The van der Waals surface area contributed by atoms with Gasteiger partial charge in [0, 0.05) is 12.5 Å². The summed E-state index contributed by atoms with van der Waals surface area (Å²) < 4.78 is 26.4. The summed E-state index contributed by atoms with van der Waals surface area (Å²) in [6.45, 7) is 2.69. The number of carbonyl (C=O) groups excluding carboxylic acids is 1. The fraction of sp³-hybridized carbons (Fsp3) is 0.533. The van der Waals surface area contributed by atoms with Crippen molar-refractivity contribution >= 4 is 11.6 Å². The van der Waals surface area contributed by atoms with Crippen molar-refractivity contribution in [2.24, 2.45) is 11.7 Å². The van der Waals surface area contributed by atoms with E-state index in [2.05, 4.69) is 12.2 Å². The minimum Gasteiger partial charge on any atom is -0.330 e. The lowest BCUT2D eigenvalue weighted by molar-refractivity contribution is -0.116. The minimum absolute atomic E-state index is 0.110. The number of nitrogens with two attached hydrogens (primary N) is 1. The number of halogens is 2. The molecule has 3 nitrogen and oxygen atoms in total. The molecule has 0 heterocycles. The summed E-state index contributed by atoms with van der Waals surface area (Å²) in [4.78, 5) is 11.8. The van der Waals surface area contributed by atoms with Crippen LogP contribution in [0.4, 0.5) is 14.5 Å². The lowest BCUT2D eigenvalue weighted by atomic mass is 9.94. The van der Waals surface area contributed by atoms with E-state index in [1.807, 2.05) is 0 Å². The summed E-state index contributed by atoms with van der Waals surface area (Å²) in [6.07, 6.45) is 3.97. The fourth-order valence-electron chi connectivity index (χ4n) is 2.22. The lowest BCUT2D eigenvalue weighted by Crippen LogP contribution is -2.16. The third-order valence-corrected chi connectivity index (χ3v) is 3.25. The quantitative estimate of drug-likeness (QED) is 0.768. The van der Waals surface area contributed by atoms with E-state index in [9.17, 15) is 13.6 Å². The Bertz CT molecular complexity index is 432. The standard InChI is InChI=1S/C15H22F2N2O/c1-2-3-11(8-9-18)4-7-15(20)19-14-10-12(16)5-6-13(14)17/h5-6,10-11H,2-4,7-9,18H2,1H3,(H,19,20). The van der Waals surface area contributed by atoms with E-state index in [1.54, 1.807) is 0 Å². The Morgan fingerprint density at radius 3 is 2.70 bits per heavy atom. The molecule has 0 saturated heterocycles. The zero-order chi connectivity index (χ0) is 15.0. The Labute approximate surface area is 118 Å². The predicted octanol–water partition coefficient (Wildman–Crippen LogP) is 3.45. The molecule has 0 aliphatic heterocycles. The maximum atomic E-state index is 13.4. The number of hydrogen-bond donors (Lipinski definition) is 2. The number of hydrogen-bond acceptors (Lipinski definition) is 2. The molecule has 0 saturated carbocycles. The van der Waals surface area contributed by atoms with Crippen LogP contribution in [0.2, 0.25) is 0 Å². The molecule has 5 heteroatoms.